The Kier molecular flexibility index (Phi) is 7.82. The Hall–Kier alpha value is -0.480. The van der Waals surface area contributed by atoms with E-state index in [0.29, 0.717) is 23.0 Å². The number of amides is 1. The molecule has 0 radical (unpaired) electrons. The number of carbonyl (C=O) groups excluding carboxylic acids is 1. The number of nitrogens with one attached hydrogen (secondary N) is 1. The summed E-state index contributed by atoms with van der Waals surface area (Å²) < 4.78 is 0. The van der Waals surface area contributed by atoms with Crippen molar-refractivity contribution in [1.29, 1.82) is 0 Å². The lowest BCUT2D eigenvalue weighted by Gasteiger charge is -2.25. The Bertz CT molecular complexity index is 482. The van der Waals surface area contributed by atoms with Crippen molar-refractivity contribution in [3.05, 3.63) is 33.8 Å². The normalized spacial score (nSPS) is 21.5. The van der Waals surface area contributed by atoms with Gasteiger partial charge in [-0.1, -0.05) is 41.8 Å². The summed E-state index contributed by atoms with van der Waals surface area (Å²) in [6.45, 7) is 0.574. The van der Waals surface area contributed by atoms with Gasteiger partial charge in [-0.25, -0.2) is 0 Å². The number of hydrogen-bond donors (Lipinski definition) is 2. The molecule has 1 aliphatic carbocycles. The fourth-order valence-corrected chi connectivity index (χ4v) is 3.09. The van der Waals surface area contributed by atoms with E-state index in [-0.39, 0.29) is 30.3 Å². The molecule has 2 rings (SSSR count). The molecular formula is C15H21Cl3N2O. The highest BCUT2D eigenvalue weighted by Gasteiger charge is 2.24. The van der Waals surface area contributed by atoms with Gasteiger partial charge in [0.1, 0.15) is 0 Å². The maximum atomic E-state index is 12.1. The van der Waals surface area contributed by atoms with Gasteiger partial charge in [-0.05, 0) is 37.3 Å². The Morgan fingerprint density at radius 1 is 1.33 bits per heavy atom. The zero-order chi connectivity index (χ0) is 14.5. The zero-order valence-corrected chi connectivity index (χ0v) is 14.1. The molecule has 2 unspecified atom stereocenters. The molecule has 0 heterocycles. The van der Waals surface area contributed by atoms with Gasteiger partial charge in [-0.3, -0.25) is 4.79 Å². The minimum Gasteiger partial charge on any atom is -0.356 e. The van der Waals surface area contributed by atoms with E-state index in [1.54, 1.807) is 6.07 Å². The topological polar surface area (TPSA) is 55.1 Å². The first-order valence-electron chi connectivity index (χ1n) is 7.04. The first kappa shape index (κ1) is 18.6. The minimum atomic E-state index is 0. The fraction of sp³-hybridized carbons (Fsp3) is 0.533. The molecule has 0 saturated heterocycles. The molecule has 0 aliphatic heterocycles. The molecule has 1 aromatic rings. The number of nitrogens with two attached hydrogens (primary N) is 1. The smallest absolute Gasteiger partial charge is 0.223 e. The van der Waals surface area contributed by atoms with E-state index >= 15 is 0 Å². The van der Waals surface area contributed by atoms with E-state index in [4.69, 9.17) is 28.9 Å². The molecule has 3 nitrogen and oxygen atoms in total. The summed E-state index contributed by atoms with van der Waals surface area (Å²) >= 11 is 12.1. The molecule has 1 saturated carbocycles. The van der Waals surface area contributed by atoms with Crippen LogP contribution in [0.3, 0.4) is 0 Å². The van der Waals surface area contributed by atoms with Crippen LogP contribution in [0.4, 0.5) is 0 Å². The summed E-state index contributed by atoms with van der Waals surface area (Å²) in [6, 6.07) is 5.72. The van der Waals surface area contributed by atoms with Gasteiger partial charge in [-0.2, -0.15) is 0 Å². The Labute approximate surface area is 142 Å². The van der Waals surface area contributed by atoms with Gasteiger partial charge in [-0.15, -0.1) is 12.4 Å². The molecule has 6 heteroatoms. The van der Waals surface area contributed by atoms with Crippen LogP contribution in [-0.4, -0.2) is 18.5 Å². The van der Waals surface area contributed by atoms with Gasteiger partial charge in [0, 0.05) is 18.5 Å². The molecule has 1 aromatic carbocycles. The Balaban J connectivity index is 0.00000220. The van der Waals surface area contributed by atoms with Crippen LogP contribution in [0.2, 0.25) is 10.0 Å². The van der Waals surface area contributed by atoms with Crippen molar-refractivity contribution in [2.45, 2.75) is 38.1 Å². The summed E-state index contributed by atoms with van der Waals surface area (Å²) in [5.74, 6) is 0.173. The molecule has 0 spiro atoms. The van der Waals surface area contributed by atoms with Crippen LogP contribution >= 0.6 is 35.6 Å². The SMILES string of the molecule is Cl.NC1CCCC(C(=O)NCCc2cccc(Cl)c2Cl)C1. The van der Waals surface area contributed by atoms with E-state index in [1.807, 2.05) is 12.1 Å². The van der Waals surface area contributed by atoms with E-state index in [2.05, 4.69) is 5.32 Å². The molecule has 2 atom stereocenters. The Morgan fingerprint density at radius 2 is 2.10 bits per heavy atom. The van der Waals surface area contributed by atoms with Crippen LogP contribution in [-0.2, 0) is 11.2 Å². The van der Waals surface area contributed by atoms with Crippen molar-refractivity contribution in [1.82, 2.24) is 5.32 Å². The number of benzene rings is 1. The van der Waals surface area contributed by atoms with E-state index < -0.39 is 0 Å². The molecule has 1 amide bonds. The van der Waals surface area contributed by atoms with Crippen LogP contribution in [0.1, 0.15) is 31.2 Å². The molecular weight excluding hydrogens is 331 g/mol. The van der Waals surface area contributed by atoms with Gasteiger partial charge in [0.15, 0.2) is 0 Å². The van der Waals surface area contributed by atoms with Crippen LogP contribution in [0, 0.1) is 5.92 Å². The first-order valence-corrected chi connectivity index (χ1v) is 7.79. The van der Waals surface area contributed by atoms with Gasteiger partial charge >= 0.3 is 0 Å². The average Bonchev–Trinajstić information content (AvgIpc) is 2.43. The van der Waals surface area contributed by atoms with Crippen LogP contribution in [0.5, 0.6) is 0 Å². The van der Waals surface area contributed by atoms with Crippen molar-refractivity contribution >= 4 is 41.5 Å². The maximum Gasteiger partial charge on any atom is 0.223 e. The predicted octanol–water partition coefficient (Wildman–Crippen LogP) is 3.59. The second kappa shape index (κ2) is 8.84. The van der Waals surface area contributed by atoms with Crippen LogP contribution in [0.15, 0.2) is 18.2 Å². The third-order valence-electron chi connectivity index (χ3n) is 3.81. The van der Waals surface area contributed by atoms with Crippen molar-refractivity contribution < 1.29 is 4.79 Å². The molecule has 21 heavy (non-hydrogen) atoms. The van der Waals surface area contributed by atoms with Gasteiger partial charge in [0.05, 0.1) is 10.0 Å². The number of hydrogen-bond acceptors (Lipinski definition) is 2. The minimum absolute atomic E-state index is 0. The number of rotatable bonds is 4. The third-order valence-corrected chi connectivity index (χ3v) is 4.67. The number of halogens is 3. The zero-order valence-electron chi connectivity index (χ0n) is 11.8. The quantitative estimate of drug-likeness (QED) is 0.871. The van der Waals surface area contributed by atoms with Gasteiger partial charge in [0.25, 0.3) is 0 Å². The molecule has 0 bridgehead atoms. The average molecular weight is 352 g/mol. The van der Waals surface area contributed by atoms with Gasteiger partial charge < -0.3 is 11.1 Å². The highest BCUT2D eigenvalue weighted by atomic mass is 35.5. The lowest BCUT2D eigenvalue weighted by atomic mass is 9.85. The van der Waals surface area contributed by atoms with Gasteiger partial charge in [0.2, 0.25) is 5.91 Å². The van der Waals surface area contributed by atoms with Crippen LogP contribution in [0.25, 0.3) is 0 Å². The molecule has 1 aliphatic rings. The van der Waals surface area contributed by atoms with Crippen molar-refractivity contribution in [3.63, 3.8) is 0 Å². The lowest BCUT2D eigenvalue weighted by molar-refractivity contribution is -0.126. The fourth-order valence-electron chi connectivity index (χ4n) is 2.67. The van der Waals surface area contributed by atoms with Crippen molar-refractivity contribution in [2.75, 3.05) is 6.54 Å². The second-order valence-corrected chi connectivity index (χ2v) is 6.16. The third kappa shape index (κ3) is 5.33. The molecule has 1 fully saturated rings. The summed E-state index contributed by atoms with van der Waals surface area (Å²) in [5.41, 5.74) is 6.87. The molecule has 3 N–H and O–H groups in total. The molecule has 0 aromatic heterocycles. The van der Waals surface area contributed by atoms with E-state index in [0.717, 1.165) is 31.2 Å². The number of carbonyl (C=O) groups is 1. The van der Waals surface area contributed by atoms with Crippen molar-refractivity contribution in [3.8, 4) is 0 Å². The lowest BCUT2D eigenvalue weighted by Crippen LogP contribution is -2.38. The standard InChI is InChI=1S/C15H20Cl2N2O.ClH/c16-13-6-2-3-10(14(13)17)7-8-19-15(20)11-4-1-5-12(18)9-11;/h2-3,6,11-12H,1,4-5,7-9,18H2,(H,19,20);1H. The summed E-state index contributed by atoms with van der Waals surface area (Å²) in [5, 5.41) is 4.09. The maximum absolute atomic E-state index is 12.1. The largest absolute Gasteiger partial charge is 0.356 e. The summed E-state index contributed by atoms with van der Waals surface area (Å²) in [7, 11) is 0. The summed E-state index contributed by atoms with van der Waals surface area (Å²) in [4.78, 5) is 12.1. The molecule has 118 valence electrons. The second-order valence-electron chi connectivity index (χ2n) is 5.38. The Morgan fingerprint density at radius 3 is 2.81 bits per heavy atom. The van der Waals surface area contributed by atoms with Crippen molar-refractivity contribution in [2.24, 2.45) is 11.7 Å². The van der Waals surface area contributed by atoms with E-state index in [9.17, 15) is 4.79 Å². The first-order chi connectivity index (χ1) is 9.58. The highest BCUT2D eigenvalue weighted by Crippen LogP contribution is 2.26. The predicted molar refractivity (Wildman–Crippen MR) is 90.4 cm³/mol. The highest BCUT2D eigenvalue weighted by molar-refractivity contribution is 6.42. The summed E-state index contributed by atoms with van der Waals surface area (Å²) in [6.07, 6.45) is 4.49. The monoisotopic (exact) mass is 350 g/mol. The van der Waals surface area contributed by atoms with E-state index in [1.165, 1.54) is 0 Å². The van der Waals surface area contributed by atoms with Crippen LogP contribution < -0.4 is 11.1 Å².